The maximum atomic E-state index is 12.8. The third-order valence-electron chi connectivity index (χ3n) is 6.09. The molecule has 1 saturated heterocycles. The predicted octanol–water partition coefficient (Wildman–Crippen LogP) is 5.36. The van der Waals surface area contributed by atoms with Crippen LogP contribution in [0, 0.1) is 22.0 Å². The molecule has 1 N–H and O–H groups in total. The Morgan fingerprint density at radius 1 is 1.03 bits per heavy atom. The van der Waals surface area contributed by atoms with Gasteiger partial charge in [-0.1, -0.05) is 31.9 Å². The third kappa shape index (κ3) is 4.74. The molecule has 1 aliphatic carbocycles. The number of rotatable bonds is 9. The molecule has 8 nitrogen and oxygen atoms in total. The summed E-state index contributed by atoms with van der Waals surface area (Å²) in [5.74, 6) is -0.620. The number of hydrogen-bond acceptors (Lipinski definition) is 6. The Hall–Kier alpha value is -3.68. The average molecular weight is 450 g/mol. The summed E-state index contributed by atoms with van der Waals surface area (Å²) in [5.41, 5.74) is 0.962. The zero-order valence-corrected chi connectivity index (χ0v) is 18.5. The zero-order chi connectivity index (χ0) is 23.4. The molecule has 0 saturated carbocycles. The monoisotopic (exact) mass is 449 g/mol. The van der Waals surface area contributed by atoms with Crippen LogP contribution in [0.25, 0.3) is 0 Å². The molecule has 172 valence electrons. The predicted molar refractivity (Wildman–Crippen MR) is 126 cm³/mol. The van der Waals surface area contributed by atoms with E-state index in [-0.39, 0.29) is 40.7 Å². The molecule has 33 heavy (non-hydrogen) atoms. The Morgan fingerprint density at radius 3 is 2.30 bits per heavy atom. The fourth-order valence-electron chi connectivity index (χ4n) is 4.30. The normalized spacial score (nSPS) is 19.5. The van der Waals surface area contributed by atoms with E-state index in [2.05, 4.69) is 12.2 Å². The highest BCUT2D eigenvalue weighted by atomic mass is 16.6. The summed E-state index contributed by atoms with van der Waals surface area (Å²) >= 11 is 0. The van der Waals surface area contributed by atoms with Crippen LogP contribution in [0.4, 0.5) is 22.7 Å². The second-order valence-electron chi connectivity index (χ2n) is 8.33. The number of ether oxygens (including phenoxy) is 1. The lowest BCUT2D eigenvalue weighted by atomic mass is 9.85. The van der Waals surface area contributed by atoms with Crippen molar-refractivity contribution in [3.63, 3.8) is 0 Å². The van der Waals surface area contributed by atoms with Crippen molar-refractivity contribution in [3.05, 3.63) is 64.7 Å². The molecule has 2 aromatic rings. The minimum Gasteiger partial charge on any atom is -0.494 e. The minimum absolute atomic E-state index is 0.207. The van der Waals surface area contributed by atoms with Crippen LogP contribution in [0.1, 0.15) is 39.0 Å². The Morgan fingerprint density at radius 2 is 1.70 bits per heavy atom. The van der Waals surface area contributed by atoms with E-state index in [0.717, 1.165) is 29.9 Å². The average Bonchev–Trinajstić information content (AvgIpc) is 3.08. The van der Waals surface area contributed by atoms with Gasteiger partial charge in [-0.25, -0.2) is 4.90 Å². The maximum absolute atomic E-state index is 12.8. The largest absolute Gasteiger partial charge is 0.494 e. The smallest absolute Gasteiger partial charge is 0.294 e. The van der Waals surface area contributed by atoms with Crippen LogP contribution in [0.3, 0.4) is 0 Å². The van der Waals surface area contributed by atoms with E-state index >= 15 is 0 Å². The van der Waals surface area contributed by atoms with Gasteiger partial charge in [-0.3, -0.25) is 19.7 Å². The van der Waals surface area contributed by atoms with Crippen LogP contribution >= 0.6 is 0 Å². The number of fused-ring (bicyclic) bond motifs is 1. The van der Waals surface area contributed by atoms with Gasteiger partial charge >= 0.3 is 0 Å². The fraction of sp³-hybridized carbons (Fsp3) is 0.360. The third-order valence-corrected chi connectivity index (χ3v) is 6.09. The second-order valence-corrected chi connectivity index (χ2v) is 8.33. The van der Waals surface area contributed by atoms with E-state index < -0.39 is 4.92 Å². The van der Waals surface area contributed by atoms with Crippen LogP contribution < -0.4 is 15.0 Å². The van der Waals surface area contributed by atoms with E-state index in [1.807, 2.05) is 24.3 Å². The van der Waals surface area contributed by atoms with Crippen molar-refractivity contribution < 1.29 is 19.2 Å². The summed E-state index contributed by atoms with van der Waals surface area (Å²) in [7, 11) is 0. The summed E-state index contributed by atoms with van der Waals surface area (Å²) < 4.78 is 5.70. The van der Waals surface area contributed by atoms with Gasteiger partial charge in [-0.2, -0.15) is 0 Å². The second kappa shape index (κ2) is 9.85. The molecule has 0 aromatic heterocycles. The van der Waals surface area contributed by atoms with Crippen molar-refractivity contribution >= 4 is 34.6 Å². The van der Waals surface area contributed by atoms with E-state index in [9.17, 15) is 19.7 Å². The number of nitro benzene ring substituents is 1. The molecule has 2 amide bonds. The van der Waals surface area contributed by atoms with Crippen molar-refractivity contribution in [1.82, 2.24) is 0 Å². The highest BCUT2D eigenvalue weighted by molar-refractivity contribution is 6.22. The highest BCUT2D eigenvalue weighted by Gasteiger charge is 2.48. The van der Waals surface area contributed by atoms with Gasteiger partial charge in [-0.15, -0.1) is 0 Å². The number of benzene rings is 2. The standard InChI is InChI=1S/C25H27N3O5/c1-2-3-6-15-33-19-12-9-17(10-13-19)26-22-14-11-18(16-23(22)28(31)32)27-24(29)20-7-4-5-8-21(20)25(27)30/h4-5,9-14,16,20-21,26H,2-3,6-8,15H2,1H3/t20-,21+. The van der Waals surface area contributed by atoms with Crippen LogP contribution in [0.5, 0.6) is 5.75 Å². The molecule has 0 unspecified atom stereocenters. The fourth-order valence-corrected chi connectivity index (χ4v) is 4.30. The van der Waals surface area contributed by atoms with Gasteiger partial charge in [0.1, 0.15) is 11.4 Å². The van der Waals surface area contributed by atoms with E-state index in [0.29, 0.717) is 25.1 Å². The van der Waals surface area contributed by atoms with E-state index in [1.54, 1.807) is 18.2 Å². The summed E-state index contributed by atoms with van der Waals surface area (Å²) in [6, 6.07) is 11.6. The molecule has 2 aromatic carbocycles. The van der Waals surface area contributed by atoms with Crippen molar-refractivity contribution in [2.75, 3.05) is 16.8 Å². The Labute approximate surface area is 192 Å². The summed E-state index contributed by atoms with van der Waals surface area (Å²) in [5, 5.41) is 14.8. The first-order valence-corrected chi connectivity index (χ1v) is 11.3. The molecule has 4 rings (SSSR count). The number of anilines is 3. The lowest BCUT2D eigenvalue weighted by molar-refractivity contribution is -0.383. The molecule has 1 aliphatic heterocycles. The molecular weight excluding hydrogens is 422 g/mol. The highest BCUT2D eigenvalue weighted by Crippen LogP contribution is 2.40. The molecule has 0 bridgehead atoms. The van der Waals surface area contributed by atoms with Crippen molar-refractivity contribution in [3.8, 4) is 5.75 Å². The number of unbranched alkanes of at least 4 members (excludes halogenated alkanes) is 2. The summed E-state index contributed by atoms with van der Waals surface area (Å²) in [6.45, 7) is 2.79. The SMILES string of the molecule is CCCCCOc1ccc(Nc2ccc(N3C(=O)[C@H]4CC=CC[C@H]4C3=O)cc2[N+](=O)[O-])cc1. The number of nitro groups is 1. The molecule has 2 atom stereocenters. The molecule has 1 fully saturated rings. The number of amides is 2. The van der Waals surface area contributed by atoms with Gasteiger partial charge in [-0.05, 0) is 55.7 Å². The van der Waals surface area contributed by atoms with Gasteiger partial charge in [0.15, 0.2) is 0 Å². The number of hydrogen-bond donors (Lipinski definition) is 1. The Balaban J connectivity index is 1.51. The van der Waals surface area contributed by atoms with Gasteiger partial charge in [0.25, 0.3) is 5.69 Å². The van der Waals surface area contributed by atoms with Crippen LogP contribution in [-0.4, -0.2) is 23.3 Å². The lowest BCUT2D eigenvalue weighted by Gasteiger charge is -2.16. The molecule has 8 heteroatoms. The van der Waals surface area contributed by atoms with Gasteiger partial charge < -0.3 is 10.1 Å². The van der Waals surface area contributed by atoms with Crippen molar-refractivity contribution in [2.24, 2.45) is 11.8 Å². The summed E-state index contributed by atoms with van der Waals surface area (Å²) in [4.78, 5) is 38.0. The maximum Gasteiger partial charge on any atom is 0.294 e. The van der Waals surface area contributed by atoms with Crippen molar-refractivity contribution in [1.29, 1.82) is 0 Å². The quantitative estimate of drug-likeness (QED) is 0.182. The first-order valence-electron chi connectivity index (χ1n) is 11.3. The Bertz CT molecular complexity index is 1050. The molecule has 0 radical (unpaired) electrons. The zero-order valence-electron chi connectivity index (χ0n) is 18.5. The number of imide groups is 1. The first-order chi connectivity index (χ1) is 16.0. The number of nitrogens with one attached hydrogen (secondary N) is 1. The molecule has 0 spiro atoms. The number of carbonyl (C=O) groups excluding carboxylic acids is 2. The lowest BCUT2D eigenvalue weighted by Crippen LogP contribution is -2.30. The van der Waals surface area contributed by atoms with E-state index in [4.69, 9.17) is 4.74 Å². The van der Waals surface area contributed by atoms with Crippen LogP contribution in [-0.2, 0) is 9.59 Å². The topological polar surface area (TPSA) is 102 Å². The number of allylic oxidation sites excluding steroid dienone is 2. The first kappa shape index (κ1) is 22.5. The minimum atomic E-state index is -0.517. The van der Waals surface area contributed by atoms with Gasteiger partial charge in [0.05, 0.1) is 29.1 Å². The Kier molecular flexibility index (Phi) is 6.72. The van der Waals surface area contributed by atoms with Gasteiger partial charge in [0, 0.05) is 11.8 Å². The van der Waals surface area contributed by atoms with Gasteiger partial charge in [0.2, 0.25) is 11.8 Å². The van der Waals surface area contributed by atoms with Crippen molar-refractivity contribution in [2.45, 2.75) is 39.0 Å². The molecule has 1 heterocycles. The summed E-state index contributed by atoms with van der Waals surface area (Å²) in [6.07, 6.45) is 8.10. The van der Waals surface area contributed by atoms with Crippen LogP contribution in [0.15, 0.2) is 54.6 Å². The van der Waals surface area contributed by atoms with E-state index in [1.165, 1.54) is 12.1 Å². The molecular formula is C25H27N3O5. The number of nitrogens with zero attached hydrogens (tertiary/aromatic N) is 2. The molecule has 2 aliphatic rings. The van der Waals surface area contributed by atoms with Crippen LogP contribution in [0.2, 0.25) is 0 Å². The number of carbonyl (C=O) groups is 2.